The van der Waals surface area contributed by atoms with Crippen LogP contribution in [0.4, 0.5) is 11.5 Å². The lowest BCUT2D eigenvalue weighted by Gasteiger charge is -2.24. The molecule has 1 fully saturated rings. The number of nitrogens with one attached hydrogen (secondary N) is 3. The van der Waals surface area contributed by atoms with Crippen molar-refractivity contribution in [3.8, 4) is 5.69 Å². The van der Waals surface area contributed by atoms with Crippen molar-refractivity contribution in [3.63, 3.8) is 0 Å². The maximum atomic E-state index is 13.1. The van der Waals surface area contributed by atoms with E-state index in [2.05, 4.69) is 20.9 Å². The van der Waals surface area contributed by atoms with Gasteiger partial charge in [-0.2, -0.15) is 0 Å². The summed E-state index contributed by atoms with van der Waals surface area (Å²) in [5, 5.41) is 9.02. The lowest BCUT2D eigenvalue weighted by atomic mass is 10.0. The largest absolute Gasteiger partial charge is 0.383 e. The highest BCUT2D eigenvalue weighted by molar-refractivity contribution is 6.37. The first kappa shape index (κ1) is 21.8. The summed E-state index contributed by atoms with van der Waals surface area (Å²) in [7, 11) is 0. The van der Waals surface area contributed by atoms with Crippen molar-refractivity contribution in [1.82, 2.24) is 20.2 Å². The number of nitrogen functional groups attached to an aromatic ring is 1. The van der Waals surface area contributed by atoms with Crippen LogP contribution < -0.4 is 27.2 Å². The fourth-order valence-electron chi connectivity index (χ4n) is 3.39. The number of hydrogen-bond donors (Lipinski definition) is 4. The Hall–Kier alpha value is -3.40. The summed E-state index contributed by atoms with van der Waals surface area (Å²) in [4.78, 5) is 41.4. The van der Waals surface area contributed by atoms with Crippen LogP contribution in [0.25, 0.3) is 5.69 Å². The Morgan fingerprint density at radius 1 is 1.16 bits per heavy atom. The average molecular weight is 473 g/mol. The summed E-state index contributed by atoms with van der Waals surface area (Å²) in [6.07, 6.45) is 1.17. The molecule has 1 saturated heterocycles. The van der Waals surface area contributed by atoms with Crippen LogP contribution in [-0.2, 0) is 4.79 Å². The van der Waals surface area contributed by atoms with Crippen molar-refractivity contribution in [2.75, 3.05) is 24.1 Å². The number of aromatic nitrogens is 2. The molecule has 0 spiro atoms. The minimum Gasteiger partial charge on any atom is -0.383 e. The predicted molar refractivity (Wildman–Crippen MR) is 122 cm³/mol. The third-order valence-electron chi connectivity index (χ3n) is 4.97. The Bertz CT molecular complexity index is 1250. The molecule has 1 atom stereocenters. The van der Waals surface area contributed by atoms with E-state index in [0.29, 0.717) is 12.2 Å². The number of hydrogen-bond acceptors (Lipinski definition) is 6. The molecule has 0 aliphatic carbocycles. The summed E-state index contributed by atoms with van der Waals surface area (Å²) in [6, 6.07) is 11.7. The molecule has 9 nitrogen and oxygen atoms in total. The number of carbonyl (C=O) groups excluding carboxylic acids is 2. The van der Waals surface area contributed by atoms with E-state index in [1.165, 1.54) is 6.33 Å². The highest BCUT2D eigenvalue weighted by atomic mass is 35.5. The van der Waals surface area contributed by atoms with Gasteiger partial charge in [0.25, 0.3) is 11.5 Å². The lowest BCUT2D eigenvalue weighted by molar-refractivity contribution is -0.121. The number of carbonyl (C=O) groups is 2. The fraction of sp³-hybridized carbons (Fsp3) is 0.143. The molecule has 4 rings (SSSR count). The molecule has 2 amide bonds. The molecule has 1 aliphatic heterocycles. The molecule has 2 heterocycles. The summed E-state index contributed by atoms with van der Waals surface area (Å²) in [6.45, 7) is 0.632. The molecular weight excluding hydrogens is 455 g/mol. The molecule has 0 unspecified atom stereocenters. The van der Waals surface area contributed by atoms with E-state index in [-0.39, 0.29) is 45.6 Å². The van der Waals surface area contributed by atoms with Crippen molar-refractivity contribution in [2.45, 2.75) is 6.04 Å². The number of amides is 2. The number of benzene rings is 2. The summed E-state index contributed by atoms with van der Waals surface area (Å²) in [5.74, 6) is -1.02. The number of piperazine rings is 1. The molecule has 3 aromatic rings. The van der Waals surface area contributed by atoms with Crippen molar-refractivity contribution >= 4 is 46.5 Å². The van der Waals surface area contributed by atoms with Gasteiger partial charge < -0.3 is 16.4 Å². The Kier molecular flexibility index (Phi) is 6.13. The second-order valence-electron chi connectivity index (χ2n) is 7.07. The third-order valence-corrected chi connectivity index (χ3v) is 5.58. The summed E-state index contributed by atoms with van der Waals surface area (Å²) in [5.41, 5.74) is 6.33. The molecule has 164 valence electrons. The Morgan fingerprint density at radius 2 is 1.88 bits per heavy atom. The smallest absolute Gasteiger partial charge is 0.273 e. The molecule has 11 heteroatoms. The third kappa shape index (κ3) is 4.31. The number of halogens is 2. The van der Waals surface area contributed by atoms with Crippen molar-refractivity contribution in [2.24, 2.45) is 0 Å². The minimum atomic E-state index is -0.723. The van der Waals surface area contributed by atoms with Gasteiger partial charge in [-0.25, -0.2) is 4.98 Å². The van der Waals surface area contributed by atoms with E-state index in [1.807, 2.05) is 6.07 Å². The van der Waals surface area contributed by atoms with Crippen molar-refractivity contribution < 1.29 is 9.59 Å². The van der Waals surface area contributed by atoms with Gasteiger partial charge in [0, 0.05) is 12.2 Å². The minimum absolute atomic E-state index is 0.0762. The fourth-order valence-corrected chi connectivity index (χ4v) is 3.97. The molecule has 5 N–H and O–H groups in total. The Balaban J connectivity index is 1.64. The summed E-state index contributed by atoms with van der Waals surface area (Å²) < 4.78 is 1.08. The maximum Gasteiger partial charge on any atom is 0.273 e. The Labute approximate surface area is 192 Å². The van der Waals surface area contributed by atoms with E-state index < -0.39 is 11.5 Å². The molecule has 0 radical (unpaired) electrons. The first-order valence-electron chi connectivity index (χ1n) is 9.58. The molecule has 32 heavy (non-hydrogen) atoms. The predicted octanol–water partition coefficient (Wildman–Crippen LogP) is 2.13. The lowest BCUT2D eigenvalue weighted by Crippen LogP contribution is -2.46. The van der Waals surface area contributed by atoms with Crippen LogP contribution in [0.1, 0.15) is 22.0 Å². The van der Waals surface area contributed by atoms with E-state index in [1.54, 1.807) is 36.4 Å². The molecule has 1 aliphatic rings. The van der Waals surface area contributed by atoms with E-state index in [0.717, 1.165) is 10.1 Å². The molecule has 0 saturated carbocycles. The van der Waals surface area contributed by atoms with Gasteiger partial charge >= 0.3 is 0 Å². The van der Waals surface area contributed by atoms with E-state index >= 15 is 0 Å². The van der Waals surface area contributed by atoms with Crippen LogP contribution in [0.5, 0.6) is 0 Å². The molecular formula is C21H18Cl2N6O3. The SMILES string of the molecule is Nc1ncn(-c2c(Cl)cccc2Cl)c(=O)c1C(=O)Nc1cccc([C@H]2CNC(=O)CN2)c1. The summed E-state index contributed by atoms with van der Waals surface area (Å²) >= 11 is 12.4. The first-order chi connectivity index (χ1) is 15.3. The maximum absolute atomic E-state index is 13.1. The number of nitrogens with zero attached hydrogens (tertiary/aromatic N) is 2. The molecule has 0 bridgehead atoms. The standard InChI is InChI=1S/C21H18Cl2N6O3/c22-13-5-2-6-14(23)18(13)29-10-27-19(24)17(21(29)32)20(31)28-12-4-1-3-11(7-12)15-8-26-16(30)9-25-15/h1-7,10,15,25H,8-9,24H2,(H,26,30)(H,28,31)/t15-/m1/s1. The molecule has 1 aromatic heterocycles. The zero-order valence-electron chi connectivity index (χ0n) is 16.6. The quantitative estimate of drug-likeness (QED) is 0.459. The van der Waals surface area contributed by atoms with Crippen LogP contribution >= 0.6 is 23.2 Å². The van der Waals surface area contributed by atoms with Crippen molar-refractivity contribution in [3.05, 3.63) is 80.3 Å². The van der Waals surface area contributed by atoms with Crippen LogP contribution in [0, 0.1) is 0 Å². The van der Waals surface area contributed by atoms with Gasteiger partial charge in [-0.05, 0) is 29.8 Å². The second kappa shape index (κ2) is 8.99. The average Bonchev–Trinajstić information content (AvgIpc) is 2.76. The Morgan fingerprint density at radius 3 is 2.56 bits per heavy atom. The number of nitrogens with two attached hydrogens (primary N) is 1. The highest BCUT2D eigenvalue weighted by Crippen LogP contribution is 2.27. The van der Waals surface area contributed by atoms with Gasteiger partial charge in [0.05, 0.1) is 28.3 Å². The van der Waals surface area contributed by atoms with Crippen LogP contribution in [0.3, 0.4) is 0 Å². The number of rotatable bonds is 4. The zero-order chi connectivity index (χ0) is 22.8. The first-order valence-corrected chi connectivity index (χ1v) is 10.3. The van der Waals surface area contributed by atoms with Gasteiger partial charge in [0.2, 0.25) is 5.91 Å². The van der Waals surface area contributed by atoms with Crippen LogP contribution in [0.2, 0.25) is 10.0 Å². The van der Waals surface area contributed by atoms with Crippen molar-refractivity contribution in [1.29, 1.82) is 0 Å². The monoisotopic (exact) mass is 472 g/mol. The van der Waals surface area contributed by atoms with Gasteiger partial charge in [0.15, 0.2) is 0 Å². The van der Waals surface area contributed by atoms with E-state index in [4.69, 9.17) is 28.9 Å². The van der Waals surface area contributed by atoms with Gasteiger partial charge in [-0.3, -0.25) is 24.3 Å². The topological polar surface area (TPSA) is 131 Å². The zero-order valence-corrected chi connectivity index (χ0v) is 18.1. The van der Waals surface area contributed by atoms with Gasteiger partial charge in [-0.1, -0.05) is 41.4 Å². The molecule has 2 aromatic carbocycles. The number of anilines is 2. The number of para-hydroxylation sites is 1. The highest BCUT2D eigenvalue weighted by Gasteiger charge is 2.22. The van der Waals surface area contributed by atoms with Crippen LogP contribution in [0.15, 0.2) is 53.6 Å². The van der Waals surface area contributed by atoms with Gasteiger partial charge in [-0.15, -0.1) is 0 Å². The van der Waals surface area contributed by atoms with Gasteiger partial charge in [0.1, 0.15) is 17.7 Å². The second-order valence-corrected chi connectivity index (χ2v) is 7.88. The van der Waals surface area contributed by atoms with E-state index in [9.17, 15) is 14.4 Å². The normalized spacial score (nSPS) is 15.8. The van der Waals surface area contributed by atoms with Crippen LogP contribution in [-0.4, -0.2) is 34.5 Å².